The number of carbonyl (C=O) groups excluding carboxylic acids is 1. The van der Waals surface area contributed by atoms with Gasteiger partial charge >= 0.3 is 0 Å². The minimum Gasteiger partial charge on any atom is -0.344 e. The SMILES string of the molecule is O=C(/C=C/c1ccc(-c2ccccc2Cl)s1)NC(Cn1cncn1)c1ccccc1. The Balaban J connectivity index is 1.46. The Morgan fingerprint density at radius 3 is 2.67 bits per heavy atom. The molecule has 4 aromatic rings. The van der Waals surface area contributed by atoms with E-state index in [0.29, 0.717) is 11.6 Å². The van der Waals surface area contributed by atoms with Gasteiger partial charge in [0, 0.05) is 26.4 Å². The highest BCUT2D eigenvalue weighted by molar-refractivity contribution is 7.16. The monoisotopic (exact) mass is 434 g/mol. The zero-order chi connectivity index (χ0) is 20.8. The molecule has 2 heterocycles. The average molecular weight is 435 g/mol. The topological polar surface area (TPSA) is 59.8 Å². The van der Waals surface area contributed by atoms with Crippen LogP contribution in [0.15, 0.2) is 85.5 Å². The first-order valence-electron chi connectivity index (χ1n) is 9.40. The summed E-state index contributed by atoms with van der Waals surface area (Å²) in [6.45, 7) is 0.499. The number of nitrogens with one attached hydrogen (secondary N) is 1. The second kappa shape index (κ2) is 9.52. The number of carbonyl (C=O) groups is 1. The highest BCUT2D eigenvalue weighted by Gasteiger charge is 2.14. The number of benzene rings is 2. The summed E-state index contributed by atoms with van der Waals surface area (Å²) in [4.78, 5) is 18.6. The van der Waals surface area contributed by atoms with Crippen LogP contribution in [-0.2, 0) is 11.3 Å². The first-order chi connectivity index (χ1) is 14.7. The lowest BCUT2D eigenvalue weighted by molar-refractivity contribution is -0.117. The number of hydrogen-bond acceptors (Lipinski definition) is 4. The van der Waals surface area contributed by atoms with E-state index < -0.39 is 0 Å². The van der Waals surface area contributed by atoms with Gasteiger partial charge in [0.05, 0.1) is 12.6 Å². The van der Waals surface area contributed by atoms with Crippen LogP contribution in [0.5, 0.6) is 0 Å². The zero-order valence-corrected chi connectivity index (χ0v) is 17.6. The molecule has 0 aliphatic rings. The van der Waals surface area contributed by atoms with Gasteiger partial charge in [-0.25, -0.2) is 4.98 Å². The maximum atomic E-state index is 12.6. The molecule has 1 atom stereocenters. The van der Waals surface area contributed by atoms with E-state index in [-0.39, 0.29) is 11.9 Å². The van der Waals surface area contributed by atoms with Crippen molar-refractivity contribution in [3.05, 3.63) is 101 Å². The lowest BCUT2D eigenvalue weighted by atomic mass is 10.1. The van der Waals surface area contributed by atoms with Gasteiger partial charge in [0.25, 0.3) is 0 Å². The summed E-state index contributed by atoms with van der Waals surface area (Å²) in [6, 6.07) is 21.3. The van der Waals surface area contributed by atoms with E-state index in [1.54, 1.807) is 28.4 Å². The molecule has 1 amide bonds. The first kappa shape index (κ1) is 20.1. The van der Waals surface area contributed by atoms with E-state index in [1.165, 1.54) is 6.33 Å². The fourth-order valence-corrected chi connectivity index (χ4v) is 4.30. The van der Waals surface area contributed by atoms with Gasteiger partial charge in [-0.15, -0.1) is 11.3 Å². The van der Waals surface area contributed by atoms with Crippen molar-refractivity contribution in [3.8, 4) is 10.4 Å². The summed E-state index contributed by atoms with van der Waals surface area (Å²) < 4.78 is 1.71. The number of thiophene rings is 1. The Kier molecular flexibility index (Phi) is 6.37. The Morgan fingerprint density at radius 2 is 1.90 bits per heavy atom. The number of halogens is 1. The van der Waals surface area contributed by atoms with Crippen molar-refractivity contribution in [2.24, 2.45) is 0 Å². The van der Waals surface area contributed by atoms with Crippen LogP contribution in [0, 0.1) is 0 Å². The van der Waals surface area contributed by atoms with Crippen molar-refractivity contribution in [1.82, 2.24) is 20.1 Å². The molecular weight excluding hydrogens is 416 g/mol. The van der Waals surface area contributed by atoms with Crippen LogP contribution in [0.4, 0.5) is 0 Å². The van der Waals surface area contributed by atoms with Crippen LogP contribution >= 0.6 is 22.9 Å². The molecule has 0 spiro atoms. The Bertz CT molecular complexity index is 1140. The summed E-state index contributed by atoms with van der Waals surface area (Å²) >= 11 is 7.87. The van der Waals surface area contributed by atoms with Crippen LogP contribution in [0.2, 0.25) is 5.02 Å². The van der Waals surface area contributed by atoms with Gasteiger partial charge in [-0.05, 0) is 29.8 Å². The molecule has 4 rings (SSSR count). The molecule has 5 nitrogen and oxygen atoms in total. The molecule has 0 radical (unpaired) electrons. The molecule has 0 fully saturated rings. The van der Waals surface area contributed by atoms with Gasteiger partial charge in [-0.2, -0.15) is 5.10 Å². The van der Waals surface area contributed by atoms with Crippen molar-refractivity contribution in [2.45, 2.75) is 12.6 Å². The number of rotatable bonds is 7. The molecule has 30 heavy (non-hydrogen) atoms. The van der Waals surface area contributed by atoms with Crippen molar-refractivity contribution in [1.29, 1.82) is 0 Å². The van der Waals surface area contributed by atoms with E-state index in [4.69, 9.17) is 11.6 Å². The molecule has 0 aliphatic carbocycles. The summed E-state index contributed by atoms with van der Waals surface area (Å²) in [7, 11) is 0. The van der Waals surface area contributed by atoms with Crippen molar-refractivity contribution < 1.29 is 4.79 Å². The lowest BCUT2D eigenvalue weighted by Crippen LogP contribution is -2.30. The number of amides is 1. The van der Waals surface area contributed by atoms with Crippen LogP contribution in [-0.4, -0.2) is 20.7 Å². The third kappa shape index (κ3) is 5.03. The van der Waals surface area contributed by atoms with Crippen molar-refractivity contribution >= 4 is 34.9 Å². The van der Waals surface area contributed by atoms with Gasteiger partial charge in [0.2, 0.25) is 5.91 Å². The summed E-state index contributed by atoms with van der Waals surface area (Å²) in [5.74, 6) is -0.170. The Morgan fingerprint density at radius 1 is 1.10 bits per heavy atom. The molecule has 0 aliphatic heterocycles. The van der Waals surface area contributed by atoms with Crippen molar-refractivity contribution in [3.63, 3.8) is 0 Å². The quantitative estimate of drug-likeness (QED) is 0.405. The smallest absolute Gasteiger partial charge is 0.244 e. The van der Waals surface area contributed by atoms with Crippen LogP contribution in [0.25, 0.3) is 16.5 Å². The van der Waals surface area contributed by atoms with E-state index in [9.17, 15) is 4.79 Å². The van der Waals surface area contributed by atoms with Gasteiger partial charge < -0.3 is 5.32 Å². The highest BCUT2D eigenvalue weighted by Crippen LogP contribution is 2.33. The largest absolute Gasteiger partial charge is 0.344 e. The third-order valence-corrected chi connectivity index (χ3v) is 5.93. The average Bonchev–Trinajstić information content (AvgIpc) is 3.45. The van der Waals surface area contributed by atoms with Crippen LogP contribution in [0.1, 0.15) is 16.5 Å². The maximum absolute atomic E-state index is 12.6. The Labute approximate surface area is 183 Å². The molecule has 1 unspecified atom stereocenters. The van der Waals surface area contributed by atoms with Crippen LogP contribution < -0.4 is 5.32 Å². The molecule has 0 saturated heterocycles. The predicted molar refractivity (Wildman–Crippen MR) is 121 cm³/mol. The van der Waals surface area contributed by atoms with E-state index in [2.05, 4.69) is 15.4 Å². The van der Waals surface area contributed by atoms with E-state index in [0.717, 1.165) is 20.9 Å². The fraction of sp³-hybridized carbons (Fsp3) is 0.0870. The van der Waals surface area contributed by atoms with E-state index in [1.807, 2.05) is 72.8 Å². The van der Waals surface area contributed by atoms with Gasteiger partial charge in [0.15, 0.2) is 0 Å². The molecule has 0 saturated carbocycles. The fourth-order valence-electron chi connectivity index (χ4n) is 3.06. The van der Waals surface area contributed by atoms with Gasteiger partial charge in [-0.1, -0.05) is 60.1 Å². The summed E-state index contributed by atoms with van der Waals surface area (Å²) in [6.07, 6.45) is 6.49. The number of nitrogens with zero attached hydrogens (tertiary/aromatic N) is 3. The second-order valence-electron chi connectivity index (χ2n) is 6.60. The van der Waals surface area contributed by atoms with Gasteiger partial charge in [0.1, 0.15) is 12.7 Å². The summed E-state index contributed by atoms with van der Waals surface area (Å²) in [5, 5.41) is 7.92. The molecule has 150 valence electrons. The summed E-state index contributed by atoms with van der Waals surface area (Å²) in [5.41, 5.74) is 2.00. The number of hydrogen-bond donors (Lipinski definition) is 1. The minimum atomic E-state index is -0.216. The molecule has 1 N–H and O–H groups in total. The van der Waals surface area contributed by atoms with E-state index >= 15 is 0 Å². The molecular formula is C23H19ClN4OS. The van der Waals surface area contributed by atoms with Gasteiger partial charge in [-0.3, -0.25) is 9.48 Å². The predicted octanol–water partition coefficient (Wildman–Crippen LogP) is 5.23. The lowest BCUT2D eigenvalue weighted by Gasteiger charge is -2.18. The second-order valence-corrected chi connectivity index (χ2v) is 8.13. The zero-order valence-electron chi connectivity index (χ0n) is 16.0. The molecule has 2 aromatic carbocycles. The third-order valence-electron chi connectivity index (χ3n) is 4.52. The van der Waals surface area contributed by atoms with Crippen molar-refractivity contribution in [2.75, 3.05) is 0 Å². The molecule has 2 aromatic heterocycles. The highest BCUT2D eigenvalue weighted by atomic mass is 35.5. The standard InChI is InChI=1S/C23H19ClN4OS/c24-20-9-5-4-8-19(20)22-12-10-18(30-22)11-13-23(29)27-21(14-28-16-25-15-26-28)17-6-2-1-3-7-17/h1-13,15-16,21H,14H2,(H,27,29)/b13-11+. The minimum absolute atomic E-state index is 0.170. The molecule has 7 heteroatoms. The number of aromatic nitrogens is 3. The normalized spacial score (nSPS) is 12.2. The maximum Gasteiger partial charge on any atom is 0.244 e. The first-order valence-corrected chi connectivity index (χ1v) is 10.6. The Hall–Kier alpha value is -3.22. The molecule has 0 bridgehead atoms. The van der Waals surface area contributed by atoms with Crippen LogP contribution in [0.3, 0.4) is 0 Å².